The van der Waals surface area contributed by atoms with Crippen LogP contribution in [0.5, 0.6) is 0 Å². The van der Waals surface area contributed by atoms with Gasteiger partial charge in [0.2, 0.25) is 0 Å². The fourth-order valence-electron chi connectivity index (χ4n) is 1.87. The third-order valence-corrected chi connectivity index (χ3v) is 3.67. The van der Waals surface area contributed by atoms with Crippen molar-refractivity contribution in [2.45, 2.75) is 13.0 Å². The highest BCUT2D eigenvalue weighted by molar-refractivity contribution is 6.42. The summed E-state index contributed by atoms with van der Waals surface area (Å²) in [5, 5.41) is 0.834. The normalized spacial score (nSPS) is 10.5. The zero-order chi connectivity index (χ0) is 13.8. The quantitative estimate of drug-likeness (QED) is 0.870. The molecule has 0 aliphatic carbocycles. The maximum atomic E-state index is 12.2. The van der Waals surface area contributed by atoms with Crippen molar-refractivity contribution in [2.75, 3.05) is 0 Å². The van der Waals surface area contributed by atoms with E-state index in [4.69, 9.17) is 28.9 Å². The van der Waals surface area contributed by atoms with E-state index >= 15 is 0 Å². The number of carbonyl (C=O) groups excluding carboxylic acids is 1. The summed E-state index contributed by atoms with van der Waals surface area (Å²) in [4.78, 5) is 12.2. The Morgan fingerprint density at radius 1 is 1.00 bits per heavy atom. The molecule has 0 bridgehead atoms. The molecule has 0 aromatic heterocycles. The molecule has 2 aromatic carbocycles. The number of hydrogen-bond acceptors (Lipinski definition) is 2. The molecule has 2 rings (SSSR count). The average molecular weight is 294 g/mol. The number of carbonyl (C=O) groups is 1. The lowest BCUT2D eigenvalue weighted by atomic mass is 9.99. The summed E-state index contributed by atoms with van der Waals surface area (Å²) in [7, 11) is 0. The van der Waals surface area contributed by atoms with Crippen LogP contribution in [0.15, 0.2) is 42.5 Å². The molecule has 0 heterocycles. The molecule has 0 unspecified atom stereocenters. The fourth-order valence-corrected chi connectivity index (χ4v) is 2.17. The first kappa shape index (κ1) is 14.1. The standard InChI is InChI=1S/C15H13Cl2NO/c16-13-6-5-11(7-14(13)17)15(19)8-10-3-1-2-4-12(10)9-18/h1-7H,8-9,18H2. The maximum absolute atomic E-state index is 12.2. The molecule has 0 atom stereocenters. The third kappa shape index (κ3) is 3.35. The maximum Gasteiger partial charge on any atom is 0.167 e. The van der Waals surface area contributed by atoms with E-state index < -0.39 is 0 Å². The molecule has 2 aromatic rings. The van der Waals surface area contributed by atoms with E-state index in [0.717, 1.165) is 11.1 Å². The highest BCUT2D eigenvalue weighted by Crippen LogP contribution is 2.23. The Hall–Kier alpha value is -1.35. The van der Waals surface area contributed by atoms with Gasteiger partial charge in [0.1, 0.15) is 0 Å². The Kier molecular flexibility index (Phi) is 4.59. The minimum Gasteiger partial charge on any atom is -0.326 e. The van der Waals surface area contributed by atoms with Gasteiger partial charge in [-0.3, -0.25) is 4.79 Å². The number of benzene rings is 2. The van der Waals surface area contributed by atoms with Crippen LogP contribution in [-0.2, 0) is 13.0 Å². The number of halogens is 2. The SMILES string of the molecule is NCc1ccccc1CC(=O)c1ccc(Cl)c(Cl)c1. The minimum atomic E-state index is -0.000494. The second-order valence-corrected chi connectivity index (χ2v) is 5.02. The molecule has 0 aliphatic heterocycles. The molecule has 2 nitrogen and oxygen atoms in total. The predicted octanol–water partition coefficient (Wildman–Crippen LogP) is 3.88. The lowest BCUT2D eigenvalue weighted by Gasteiger charge is -2.07. The minimum absolute atomic E-state index is 0.000494. The van der Waals surface area contributed by atoms with Gasteiger partial charge in [0.05, 0.1) is 10.0 Å². The van der Waals surface area contributed by atoms with E-state index in [1.165, 1.54) is 0 Å². The highest BCUT2D eigenvalue weighted by atomic mass is 35.5. The Balaban J connectivity index is 2.23. The van der Waals surface area contributed by atoms with Gasteiger partial charge in [0.15, 0.2) is 5.78 Å². The van der Waals surface area contributed by atoms with Gasteiger partial charge in [0, 0.05) is 18.5 Å². The third-order valence-electron chi connectivity index (χ3n) is 2.93. The monoisotopic (exact) mass is 293 g/mol. The van der Waals surface area contributed by atoms with Crippen LogP contribution in [0.25, 0.3) is 0 Å². The molecule has 4 heteroatoms. The molecule has 0 amide bonds. The van der Waals surface area contributed by atoms with E-state index in [2.05, 4.69) is 0 Å². The first-order valence-electron chi connectivity index (χ1n) is 5.87. The van der Waals surface area contributed by atoms with Gasteiger partial charge < -0.3 is 5.73 Å². The summed E-state index contributed by atoms with van der Waals surface area (Å²) < 4.78 is 0. The molecular weight excluding hydrogens is 281 g/mol. The molecule has 0 spiro atoms. The van der Waals surface area contributed by atoms with Crippen molar-refractivity contribution >= 4 is 29.0 Å². The molecule has 2 N–H and O–H groups in total. The number of ketones is 1. The lowest BCUT2D eigenvalue weighted by Crippen LogP contribution is -2.08. The second kappa shape index (κ2) is 6.20. The summed E-state index contributed by atoms with van der Waals surface area (Å²) in [5.74, 6) is -0.000494. The van der Waals surface area contributed by atoms with E-state index in [9.17, 15) is 4.79 Å². The van der Waals surface area contributed by atoms with Crippen molar-refractivity contribution in [1.29, 1.82) is 0 Å². The van der Waals surface area contributed by atoms with Gasteiger partial charge in [-0.15, -0.1) is 0 Å². The van der Waals surface area contributed by atoms with Crippen LogP contribution < -0.4 is 5.73 Å². The largest absolute Gasteiger partial charge is 0.326 e. The average Bonchev–Trinajstić information content (AvgIpc) is 2.42. The van der Waals surface area contributed by atoms with Gasteiger partial charge in [0.25, 0.3) is 0 Å². The molecule has 0 saturated heterocycles. The number of hydrogen-bond donors (Lipinski definition) is 1. The zero-order valence-corrected chi connectivity index (χ0v) is 11.7. The van der Waals surface area contributed by atoms with E-state index in [-0.39, 0.29) is 5.78 Å². The highest BCUT2D eigenvalue weighted by Gasteiger charge is 2.11. The first-order valence-corrected chi connectivity index (χ1v) is 6.62. The van der Waals surface area contributed by atoms with Crippen LogP contribution >= 0.6 is 23.2 Å². The Bertz CT molecular complexity index is 611. The van der Waals surface area contributed by atoms with Gasteiger partial charge >= 0.3 is 0 Å². The molecule has 0 aliphatic rings. The number of nitrogens with two attached hydrogens (primary N) is 1. The van der Waals surface area contributed by atoms with Crippen LogP contribution in [0.1, 0.15) is 21.5 Å². The van der Waals surface area contributed by atoms with Crippen molar-refractivity contribution < 1.29 is 4.79 Å². The second-order valence-electron chi connectivity index (χ2n) is 4.20. The molecule has 19 heavy (non-hydrogen) atoms. The van der Waals surface area contributed by atoms with Crippen LogP contribution in [0.3, 0.4) is 0 Å². The molecule has 0 radical (unpaired) electrons. The summed E-state index contributed by atoms with van der Waals surface area (Å²) in [6, 6.07) is 12.6. The van der Waals surface area contributed by atoms with E-state index in [1.54, 1.807) is 18.2 Å². The smallest absolute Gasteiger partial charge is 0.167 e. The Morgan fingerprint density at radius 3 is 2.32 bits per heavy atom. The predicted molar refractivity (Wildman–Crippen MR) is 78.8 cm³/mol. The van der Waals surface area contributed by atoms with Gasteiger partial charge in [-0.25, -0.2) is 0 Å². The number of Topliss-reactive ketones (excluding diaryl/α,β-unsaturated/α-hetero) is 1. The van der Waals surface area contributed by atoms with Crippen molar-refractivity contribution in [1.82, 2.24) is 0 Å². The topological polar surface area (TPSA) is 43.1 Å². The Morgan fingerprint density at radius 2 is 1.68 bits per heavy atom. The van der Waals surface area contributed by atoms with Gasteiger partial charge in [-0.05, 0) is 29.3 Å². The summed E-state index contributed by atoms with van der Waals surface area (Å²) in [6.45, 7) is 0.421. The molecule has 0 fully saturated rings. The molecule has 98 valence electrons. The molecular formula is C15H13Cl2NO. The van der Waals surface area contributed by atoms with Crippen LogP contribution in [0.4, 0.5) is 0 Å². The summed E-state index contributed by atoms with van der Waals surface area (Å²) in [5.41, 5.74) is 8.14. The van der Waals surface area contributed by atoms with Crippen LogP contribution in [0.2, 0.25) is 10.0 Å². The van der Waals surface area contributed by atoms with Crippen molar-refractivity contribution in [2.24, 2.45) is 5.73 Å². The van der Waals surface area contributed by atoms with Crippen molar-refractivity contribution in [3.63, 3.8) is 0 Å². The lowest BCUT2D eigenvalue weighted by molar-refractivity contribution is 0.0992. The van der Waals surface area contributed by atoms with Crippen molar-refractivity contribution in [3.05, 3.63) is 69.2 Å². The fraction of sp³-hybridized carbons (Fsp3) is 0.133. The number of rotatable bonds is 4. The Labute approximate surface area is 122 Å². The van der Waals surface area contributed by atoms with Crippen molar-refractivity contribution in [3.8, 4) is 0 Å². The summed E-state index contributed by atoms with van der Waals surface area (Å²) in [6.07, 6.45) is 0.311. The van der Waals surface area contributed by atoms with Gasteiger partial charge in [-0.2, -0.15) is 0 Å². The summed E-state index contributed by atoms with van der Waals surface area (Å²) >= 11 is 11.7. The van der Waals surface area contributed by atoms with Gasteiger partial charge in [-0.1, -0.05) is 47.5 Å². The van der Waals surface area contributed by atoms with E-state index in [0.29, 0.717) is 28.6 Å². The first-order chi connectivity index (χ1) is 9.11. The molecule has 0 saturated carbocycles. The van der Waals surface area contributed by atoms with Crippen LogP contribution in [0, 0.1) is 0 Å². The van der Waals surface area contributed by atoms with E-state index in [1.807, 2.05) is 24.3 Å². The zero-order valence-electron chi connectivity index (χ0n) is 10.2. The van der Waals surface area contributed by atoms with Crippen LogP contribution in [-0.4, -0.2) is 5.78 Å².